The van der Waals surface area contributed by atoms with Crippen LogP contribution in [0.2, 0.25) is 0 Å². The predicted molar refractivity (Wildman–Crippen MR) is 80.2 cm³/mol. The van der Waals surface area contributed by atoms with Crippen LogP contribution in [0.15, 0.2) is 35.0 Å². The van der Waals surface area contributed by atoms with Gasteiger partial charge in [0.1, 0.15) is 5.82 Å². The molecule has 1 atom stereocenters. The minimum absolute atomic E-state index is 0.158. The van der Waals surface area contributed by atoms with E-state index >= 15 is 0 Å². The number of hydrogen-bond donors (Lipinski definition) is 1. The molecule has 1 aromatic heterocycles. The molecule has 102 valence electrons. The van der Waals surface area contributed by atoms with E-state index < -0.39 is 0 Å². The third-order valence-corrected chi connectivity index (χ3v) is 4.01. The lowest BCUT2D eigenvalue weighted by Gasteiger charge is -2.20. The van der Waals surface area contributed by atoms with Crippen molar-refractivity contribution >= 4 is 11.3 Å². The van der Waals surface area contributed by atoms with Crippen LogP contribution in [0.25, 0.3) is 0 Å². The number of nitrogens with one attached hydrogen (secondary N) is 1. The highest BCUT2D eigenvalue weighted by Gasteiger charge is 2.14. The topological polar surface area (TPSA) is 12.0 Å². The second-order valence-corrected chi connectivity index (χ2v) is 5.62. The molecule has 1 unspecified atom stereocenters. The van der Waals surface area contributed by atoms with Crippen molar-refractivity contribution in [2.24, 2.45) is 0 Å². The zero-order valence-electron chi connectivity index (χ0n) is 11.4. The van der Waals surface area contributed by atoms with Crippen LogP contribution in [0, 0.1) is 12.7 Å². The van der Waals surface area contributed by atoms with Crippen LogP contribution in [0.4, 0.5) is 4.39 Å². The van der Waals surface area contributed by atoms with Gasteiger partial charge in [0.2, 0.25) is 0 Å². The first-order valence-electron chi connectivity index (χ1n) is 6.71. The maximum absolute atomic E-state index is 13.5. The van der Waals surface area contributed by atoms with E-state index in [1.165, 1.54) is 11.6 Å². The molecular formula is C16H20FNS. The Morgan fingerprint density at radius 2 is 2.16 bits per heavy atom. The number of halogens is 1. The van der Waals surface area contributed by atoms with Gasteiger partial charge in [-0.15, -0.1) is 0 Å². The molecule has 0 saturated heterocycles. The van der Waals surface area contributed by atoms with Gasteiger partial charge in [-0.3, -0.25) is 0 Å². The Bertz CT molecular complexity index is 507. The Morgan fingerprint density at radius 3 is 2.84 bits per heavy atom. The molecule has 0 spiro atoms. The molecule has 0 aliphatic rings. The van der Waals surface area contributed by atoms with Crippen LogP contribution < -0.4 is 5.32 Å². The molecule has 1 N–H and O–H groups in total. The SMILES string of the molecule is CCCNC(Cc1ccsc1)c1cc(F)ccc1C. The summed E-state index contributed by atoms with van der Waals surface area (Å²) in [5.41, 5.74) is 3.52. The monoisotopic (exact) mass is 277 g/mol. The number of rotatable bonds is 6. The van der Waals surface area contributed by atoms with Crippen LogP contribution in [0.1, 0.15) is 36.1 Å². The van der Waals surface area contributed by atoms with Gasteiger partial charge < -0.3 is 5.32 Å². The van der Waals surface area contributed by atoms with Gasteiger partial charge in [0.15, 0.2) is 0 Å². The lowest BCUT2D eigenvalue weighted by Crippen LogP contribution is -2.24. The van der Waals surface area contributed by atoms with Crippen LogP contribution in [-0.2, 0) is 6.42 Å². The average Bonchev–Trinajstić information content (AvgIpc) is 2.90. The van der Waals surface area contributed by atoms with E-state index in [0.717, 1.165) is 30.5 Å². The second-order valence-electron chi connectivity index (χ2n) is 4.84. The molecule has 0 saturated carbocycles. The number of benzene rings is 1. The lowest BCUT2D eigenvalue weighted by molar-refractivity contribution is 0.522. The van der Waals surface area contributed by atoms with E-state index in [1.54, 1.807) is 17.4 Å². The molecule has 2 aromatic rings. The van der Waals surface area contributed by atoms with Crippen molar-refractivity contribution in [2.75, 3.05) is 6.54 Å². The van der Waals surface area contributed by atoms with Gasteiger partial charge in [-0.2, -0.15) is 11.3 Å². The molecule has 0 aliphatic carbocycles. The van der Waals surface area contributed by atoms with Gasteiger partial charge in [-0.1, -0.05) is 13.0 Å². The fourth-order valence-electron chi connectivity index (χ4n) is 2.24. The highest BCUT2D eigenvalue weighted by Crippen LogP contribution is 2.23. The first kappa shape index (κ1) is 14.2. The number of thiophene rings is 1. The zero-order chi connectivity index (χ0) is 13.7. The number of hydrogen-bond acceptors (Lipinski definition) is 2. The van der Waals surface area contributed by atoms with E-state index in [0.29, 0.717) is 0 Å². The zero-order valence-corrected chi connectivity index (χ0v) is 12.3. The smallest absolute Gasteiger partial charge is 0.123 e. The van der Waals surface area contributed by atoms with Gasteiger partial charge in [0.05, 0.1) is 0 Å². The van der Waals surface area contributed by atoms with Gasteiger partial charge in [-0.25, -0.2) is 4.39 Å². The molecule has 2 rings (SSSR count). The average molecular weight is 277 g/mol. The molecule has 19 heavy (non-hydrogen) atoms. The van der Waals surface area contributed by atoms with Crippen molar-refractivity contribution in [2.45, 2.75) is 32.7 Å². The molecule has 3 heteroatoms. The van der Waals surface area contributed by atoms with Crippen LogP contribution in [-0.4, -0.2) is 6.54 Å². The first-order chi connectivity index (χ1) is 9.20. The Balaban J connectivity index is 2.23. The molecule has 0 radical (unpaired) electrons. The van der Waals surface area contributed by atoms with Crippen LogP contribution >= 0.6 is 11.3 Å². The highest BCUT2D eigenvalue weighted by atomic mass is 32.1. The summed E-state index contributed by atoms with van der Waals surface area (Å²) in [6, 6.07) is 7.37. The molecule has 0 amide bonds. The first-order valence-corrected chi connectivity index (χ1v) is 7.65. The van der Waals surface area contributed by atoms with Crippen LogP contribution in [0.5, 0.6) is 0 Å². The summed E-state index contributed by atoms with van der Waals surface area (Å²) in [5, 5.41) is 7.78. The summed E-state index contributed by atoms with van der Waals surface area (Å²) in [7, 11) is 0. The number of aryl methyl sites for hydroxylation is 1. The van der Waals surface area contributed by atoms with Crippen LogP contribution in [0.3, 0.4) is 0 Å². The van der Waals surface area contributed by atoms with Gasteiger partial charge >= 0.3 is 0 Å². The van der Waals surface area contributed by atoms with Gasteiger partial charge in [0.25, 0.3) is 0 Å². The van der Waals surface area contributed by atoms with E-state index in [4.69, 9.17) is 0 Å². The van der Waals surface area contributed by atoms with Crippen molar-refractivity contribution in [3.05, 3.63) is 57.5 Å². The highest BCUT2D eigenvalue weighted by molar-refractivity contribution is 7.07. The van der Waals surface area contributed by atoms with Crippen molar-refractivity contribution in [3.8, 4) is 0 Å². The second kappa shape index (κ2) is 6.83. The summed E-state index contributed by atoms with van der Waals surface area (Å²) in [6.45, 7) is 5.14. The van der Waals surface area contributed by atoms with Crippen molar-refractivity contribution in [3.63, 3.8) is 0 Å². The van der Waals surface area contributed by atoms with E-state index in [1.807, 2.05) is 13.0 Å². The molecule has 0 fully saturated rings. The van der Waals surface area contributed by atoms with E-state index in [-0.39, 0.29) is 11.9 Å². The Labute approximate surface area is 118 Å². The van der Waals surface area contributed by atoms with Crippen molar-refractivity contribution in [1.29, 1.82) is 0 Å². The maximum Gasteiger partial charge on any atom is 0.123 e. The predicted octanol–water partition coefficient (Wildman–Crippen LogP) is 4.48. The molecular weight excluding hydrogens is 257 g/mol. The molecule has 0 aliphatic heterocycles. The summed E-state index contributed by atoms with van der Waals surface area (Å²) in [4.78, 5) is 0. The van der Waals surface area contributed by atoms with Crippen molar-refractivity contribution in [1.82, 2.24) is 5.32 Å². The normalized spacial score (nSPS) is 12.6. The third kappa shape index (κ3) is 3.88. The summed E-state index contributed by atoms with van der Waals surface area (Å²) >= 11 is 1.71. The minimum Gasteiger partial charge on any atom is -0.310 e. The molecule has 1 heterocycles. The molecule has 1 aromatic carbocycles. The Morgan fingerprint density at radius 1 is 1.32 bits per heavy atom. The van der Waals surface area contributed by atoms with Gasteiger partial charge in [-0.05, 0) is 72.0 Å². The Hall–Kier alpha value is -1.19. The quantitative estimate of drug-likeness (QED) is 0.821. The summed E-state index contributed by atoms with van der Waals surface area (Å²) < 4.78 is 13.5. The standard InChI is InChI=1S/C16H20FNS/c1-3-7-18-16(9-13-6-8-19-11-13)15-10-14(17)5-4-12(15)2/h4-6,8,10-11,16,18H,3,7,9H2,1-2H3. The van der Waals surface area contributed by atoms with E-state index in [9.17, 15) is 4.39 Å². The minimum atomic E-state index is -0.158. The maximum atomic E-state index is 13.5. The van der Waals surface area contributed by atoms with E-state index in [2.05, 4.69) is 29.1 Å². The van der Waals surface area contributed by atoms with Gasteiger partial charge in [0, 0.05) is 6.04 Å². The fraction of sp³-hybridized carbons (Fsp3) is 0.375. The van der Waals surface area contributed by atoms with Crippen molar-refractivity contribution < 1.29 is 4.39 Å². The Kier molecular flexibility index (Phi) is 5.11. The molecule has 1 nitrogen and oxygen atoms in total. The molecule has 0 bridgehead atoms. The fourth-order valence-corrected chi connectivity index (χ4v) is 2.92. The summed E-state index contributed by atoms with van der Waals surface area (Å²) in [6.07, 6.45) is 1.99. The third-order valence-electron chi connectivity index (χ3n) is 3.28. The summed E-state index contributed by atoms with van der Waals surface area (Å²) in [5.74, 6) is -0.158. The lowest BCUT2D eigenvalue weighted by atomic mass is 9.96. The largest absolute Gasteiger partial charge is 0.310 e.